The summed E-state index contributed by atoms with van der Waals surface area (Å²) in [5, 5.41) is 12.4. The summed E-state index contributed by atoms with van der Waals surface area (Å²) in [6, 6.07) is 6.67. The Hall–Kier alpha value is -1.86. The van der Waals surface area contributed by atoms with Crippen molar-refractivity contribution in [2.24, 2.45) is 0 Å². The molecule has 0 saturated heterocycles. The van der Waals surface area contributed by atoms with E-state index >= 15 is 0 Å². The van der Waals surface area contributed by atoms with E-state index < -0.39 is 20.9 Å². The van der Waals surface area contributed by atoms with Crippen molar-refractivity contribution in [3.8, 4) is 0 Å². The molecule has 0 bridgehead atoms. The molecule has 20 heavy (non-hydrogen) atoms. The van der Waals surface area contributed by atoms with Gasteiger partial charge in [0.25, 0.3) is 10.0 Å². The molecule has 1 aromatic carbocycles. The second kappa shape index (κ2) is 4.92. The topological polar surface area (TPSA) is 64.8 Å². The molecule has 0 N–H and O–H groups in total. The Morgan fingerprint density at radius 1 is 1.10 bits per heavy atom. The third kappa shape index (κ3) is 2.30. The average molecular weight is 307 g/mol. The number of aromatic nitrogens is 3. The summed E-state index contributed by atoms with van der Waals surface area (Å²) in [5.74, 6) is 0. The van der Waals surface area contributed by atoms with Crippen LogP contribution < -0.4 is 0 Å². The minimum atomic E-state index is -3.66. The number of aryl methyl sites for hydroxylation is 1. The lowest BCUT2D eigenvalue weighted by molar-refractivity contribution is 0.577. The van der Waals surface area contributed by atoms with Crippen molar-refractivity contribution >= 4 is 20.9 Å². The highest BCUT2D eigenvalue weighted by molar-refractivity contribution is 8.22. The van der Waals surface area contributed by atoms with Crippen LogP contribution in [0.4, 0.5) is 0 Å². The molecule has 104 valence electrons. The van der Waals surface area contributed by atoms with E-state index in [0.717, 1.165) is 9.65 Å². The first-order chi connectivity index (χ1) is 9.57. The van der Waals surface area contributed by atoms with Crippen LogP contribution in [0.15, 0.2) is 63.4 Å². The maximum Gasteiger partial charge on any atom is 0.284 e. The van der Waals surface area contributed by atoms with Crippen molar-refractivity contribution in [1.82, 2.24) is 14.4 Å². The molecule has 5 nitrogen and oxygen atoms in total. The van der Waals surface area contributed by atoms with Gasteiger partial charge < -0.3 is 0 Å². The van der Waals surface area contributed by atoms with Gasteiger partial charge in [0, 0.05) is 0 Å². The molecule has 1 aliphatic heterocycles. The van der Waals surface area contributed by atoms with Crippen molar-refractivity contribution in [2.45, 2.75) is 16.8 Å². The monoisotopic (exact) mass is 307 g/mol. The van der Waals surface area contributed by atoms with Crippen LogP contribution in [0, 0.1) is 6.92 Å². The normalized spacial score (nSPS) is 15.9. The zero-order valence-electron chi connectivity index (χ0n) is 10.7. The first-order valence-corrected chi connectivity index (χ1v) is 8.87. The van der Waals surface area contributed by atoms with Gasteiger partial charge >= 0.3 is 0 Å². The molecule has 7 heteroatoms. The fraction of sp³-hybridized carbons (Fsp3) is 0.0769. The van der Waals surface area contributed by atoms with Crippen LogP contribution in [0.2, 0.25) is 0 Å². The predicted octanol–water partition coefficient (Wildman–Crippen LogP) is 2.22. The summed E-state index contributed by atoms with van der Waals surface area (Å²) in [5.41, 5.74) is 1.01. The molecule has 1 aromatic heterocycles. The average Bonchev–Trinajstić information content (AvgIpc) is 3.10. The van der Waals surface area contributed by atoms with E-state index in [9.17, 15) is 8.42 Å². The van der Waals surface area contributed by atoms with Crippen LogP contribution in [-0.2, 0) is 10.0 Å². The lowest BCUT2D eigenvalue weighted by Gasteiger charge is -2.04. The van der Waals surface area contributed by atoms with Crippen molar-refractivity contribution in [3.63, 3.8) is 0 Å². The maximum absolute atomic E-state index is 12.4. The molecule has 0 aliphatic carbocycles. The Labute approximate surface area is 120 Å². The van der Waals surface area contributed by atoms with Crippen LogP contribution in [0.25, 0.3) is 0 Å². The van der Waals surface area contributed by atoms with Crippen molar-refractivity contribution in [2.75, 3.05) is 0 Å². The SMILES string of the molecule is Cc1ccc(S(=O)(=O)n2cc([SH]3C=CC=C3)nn2)cc1. The summed E-state index contributed by atoms with van der Waals surface area (Å²) in [6.45, 7) is 1.91. The molecule has 0 atom stereocenters. The van der Waals surface area contributed by atoms with E-state index in [2.05, 4.69) is 10.3 Å². The van der Waals surface area contributed by atoms with Gasteiger partial charge in [-0.1, -0.05) is 35.1 Å². The first kappa shape index (κ1) is 13.1. The first-order valence-electron chi connectivity index (χ1n) is 5.95. The molecule has 0 spiro atoms. The van der Waals surface area contributed by atoms with E-state index in [1.165, 1.54) is 6.20 Å². The van der Waals surface area contributed by atoms with Gasteiger partial charge in [0.1, 0.15) is 5.03 Å². The van der Waals surface area contributed by atoms with E-state index in [4.69, 9.17) is 0 Å². The number of hydrogen-bond donors (Lipinski definition) is 1. The second-order valence-corrected chi connectivity index (χ2v) is 8.02. The molecule has 2 heterocycles. The Bertz CT molecular complexity index is 777. The number of thiol groups is 1. The number of hydrogen-bond acceptors (Lipinski definition) is 4. The largest absolute Gasteiger partial charge is 0.284 e. The Morgan fingerprint density at radius 3 is 2.40 bits per heavy atom. The summed E-state index contributed by atoms with van der Waals surface area (Å²) in [4.78, 5) is 0.213. The summed E-state index contributed by atoms with van der Waals surface area (Å²) >= 11 is 0. The van der Waals surface area contributed by atoms with Gasteiger partial charge in [-0.25, -0.2) is 0 Å². The highest BCUT2D eigenvalue weighted by Gasteiger charge is 2.20. The maximum atomic E-state index is 12.4. The van der Waals surface area contributed by atoms with Gasteiger partial charge in [-0.15, -0.1) is 9.19 Å². The van der Waals surface area contributed by atoms with Crippen molar-refractivity contribution < 1.29 is 8.42 Å². The van der Waals surface area contributed by atoms with E-state index in [0.29, 0.717) is 5.03 Å². The van der Waals surface area contributed by atoms with Gasteiger partial charge in [0.05, 0.1) is 11.1 Å². The highest BCUT2D eigenvalue weighted by Crippen LogP contribution is 2.40. The van der Waals surface area contributed by atoms with Crippen molar-refractivity contribution in [3.05, 3.63) is 59.0 Å². The summed E-state index contributed by atoms with van der Waals surface area (Å²) < 4.78 is 25.7. The fourth-order valence-corrected chi connectivity index (χ4v) is 4.29. The molecule has 0 unspecified atom stereocenters. The summed E-state index contributed by atoms with van der Waals surface area (Å²) in [6.07, 6.45) is 5.35. The molecule has 2 aromatic rings. The quantitative estimate of drug-likeness (QED) is 0.883. The highest BCUT2D eigenvalue weighted by atomic mass is 32.2. The lowest BCUT2D eigenvalue weighted by atomic mass is 10.2. The third-order valence-corrected chi connectivity index (χ3v) is 6.15. The van der Waals surface area contributed by atoms with E-state index in [-0.39, 0.29) is 4.90 Å². The number of rotatable bonds is 3. The van der Waals surface area contributed by atoms with Gasteiger partial charge in [-0.05, 0) is 29.9 Å². The summed E-state index contributed by atoms with van der Waals surface area (Å²) in [7, 11) is -4.32. The van der Waals surface area contributed by atoms with Gasteiger partial charge in [0.2, 0.25) is 0 Å². The molecule has 3 rings (SSSR count). The van der Waals surface area contributed by atoms with Crippen LogP contribution in [0.5, 0.6) is 0 Å². The smallest absolute Gasteiger partial charge is 0.199 e. The molecule has 1 aliphatic rings. The number of allylic oxidation sites excluding steroid dienone is 2. The van der Waals surface area contributed by atoms with Gasteiger partial charge in [0.15, 0.2) is 0 Å². The number of nitrogens with zero attached hydrogens (tertiary/aromatic N) is 3. The zero-order valence-corrected chi connectivity index (χ0v) is 12.4. The Morgan fingerprint density at radius 2 is 1.75 bits per heavy atom. The minimum absolute atomic E-state index is 0.213. The molecule has 0 fully saturated rings. The number of benzene rings is 1. The van der Waals surface area contributed by atoms with Crippen molar-refractivity contribution in [1.29, 1.82) is 0 Å². The standard InChI is InChI=1S/C13H13N3O2S2/c1-11-4-6-12(7-5-11)20(17,18)16-10-13(14-15-16)19-8-2-3-9-19/h2-10,19H,1H3. The third-order valence-electron chi connectivity index (χ3n) is 2.90. The second-order valence-electron chi connectivity index (χ2n) is 4.36. The van der Waals surface area contributed by atoms with E-state index in [1.54, 1.807) is 24.3 Å². The van der Waals surface area contributed by atoms with Crippen LogP contribution in [0.1, 0.15) is 5.56 Å². The zero-order chi connectivity index (χ0) is 14.2. The Kier molecular flexibility index (Phi) is 3.23. The van der Waals surface area contributed by atoms with Crippen LogP contribution in [-0.4, -0.2) is 22.8 Å². The minimum Gasteiger partial charge on any atom is -0.199 e. The predicted molar refractivity (Wildman–Crippen MR) is 79.3 cm³/mol. The molecule has 0 amide bonds. The van der Waals surface area contributed by atoms with Crippen LogP contribution >= 0.6 is 10.9 Å². The fourth-order valence-electron chi connectivity index (χ4n) is 1.78. The molecule has 0 radical (unpaired) electrons. The lowest BCUT2D eigenvalue weighted by Crippen LogP contribution is -2.13. The molecule has 0 saturated carbocycles. The van der Waals surface area contributed by atoms with Crippen LogP contribution in [0.3, 0.4) is 0 Å². The van der Waals surface area contributed by atoms with Gasteiger partial charge in [-0.2, -0.15) is 19.3 Å². The molecular weight excluding hydrogens is 294 g/mol. The molecular formula is C13H13N3O2S2. The van der Waals surface area contributed by atoms with Gasteiger partial charge in [-0.3, -0.25) is 0 Å². The Balaban J connectivity index is 1.97. The van der Waals surface area contributed by atoms with E-state index in [1.807, 2.05) is 29.9 Å².